The molecule has 2 aromatic rings. The molecule has 4 rings (SSSR count). The van der Waals surface area contributed by atoms with E-state index in [4.69, 9.17) is 5.73 Å². The molecule has 0 aliphatic heterocycles. The van der Waals surface area contributed by atoms with E-state index in [0.29, 0.717) is 12.0 Å². The van der Waals surface area contributed by atoms with Gasteiger partial charge in [-0.2, -0.15) is 0 Å². The molecule has 2 heteroatoms. The monoisotopic (exact) mass is 446 g/mol. The van der Waals surface area contributed by atoms with Gasteiger partial charge in [0.05, 0.1) is 0 Å². The highest BCUT2D eigenvalue weighted by Gasteiger charge is 2.25. The lowest BCUT2D eigenvalue weighted by molar-refractivity contribution is 0.277. The van der Waals surface area contributed by atoms with E-state index in [1.807, 2.05) is 0 Å². The normalized spacial score (nSPS) is 26.8. The molecule has 1 unspecified atom stereocenters. The molecule has 33 heavy (non-hydrogen) atoms. The molecule has 2 saturated carbocycles. The first-order chi connectivity index (χ1) is 16.2. The zero-order valence-corrected chi connectivity index (χ0v) is 21.1. The Labute approximate surface area is 202 Å². The Morgan fingerprint density at radius 1 is 0.727 bits per heavy atom. The van der Waals surface area contributed by atoms with E-state index in [9.17, 15) is 0 Å². The maximum atomic E-state index is 6.30. The van der Waals surface area contributed by atoms with Gasteiger partial charge in [-0.25, -0.2) is 0 Å². The molecule has 0 aromatic heterocycles. The third kappa shape index (κ3) is 6.49. The van der Waals surface area contributed by atoms with Crippen LogP contribution in [0.4, 0.5) is 0 Å². The van der Waals surface area contributed by atoms with Crippen LogP contribution < -0.4 is 11.1 Å². The molecule has 2 fully saturated rings. The van der Waals surface area contributed by atoms with Gasteiger partial charge in [0, 0.05) is 12.1 Å². The number of hydrogen-bond donors (Lipinski definition) is 2. The van der Waals surface area contributed by atoms with Crippen molar-refractivity contribution in [1.82, 2.24) is 5.32 Å². The molecule has 0 amide bonds. The molecular formula is C31H46N2. The van der Waals surface area contributed by atoms with Gasteiger partial charge in [-0.1, -0.05) is 68.8 Å². The maximum absolute atomic E-state index is 6.30. The van der Waals surface area contributed by atoms with Crippen molar-refractivity contribution in [2.45, 2.75) is 108 Å². The van der Waals surface area contributed by atoms with Crippen molar-refractivity contribution < 1.29 is 0 Å². The van der Waals surface area contributed by atoms with Crippen molar-refractivity contribution in [2.24, 2.45) is 11.7 Å². The number of unbranched alkanes of at least 4 members (excludes halogenated alkanes) is 1. The zero-order chi connectivity index (χ0) is 23.0. The van der Waals surface area contributed by atoms with Crippen molar-refractivity contribution in [3.63, 3.8) is 0 Å². The summed E-state index contributed by atoms with van der Waals surface area (Å²) in [5, 5.41) is 3.76. The number of hydrogen-bond acceptors (Lipinski definition) is 2. The lowest BCUT2D eigenvalue weighted by atomic mass is 9.75. The minimum atomic E-state index is 0.397. The van der Waals surface area contributed by atoms with E-state index >= 15 is 0 Å². The first-order valence-electron chi connectivity index (χ1n) is 13.9. The molecule has 0 radical (unpaired) electrons. The van der Waals surface area contributed by atoms with Crippen LogP contribution in [0.3, 0.4) is 0 Å². The molecule has 2 aromatic carbocycles. The lowest BCUT2D eigenvalue weighted by Gasteiger charge is -2.32. The van der Waals surface area contributed by atoms with Gasteiger partial charge in [-0.05, 0) is 111 Å². The Balaban J connectivity index is 1.29. The molecule has 0 bridgehead atoms. The zero-order valence-electron chi connectivity index (χ0n) is 21.1. The second-order valence-electron chi connectivity index (χ2n) is 10.8. The summed E-state index contributed by atoms with van der Waals surface area (Å²) in [5.41, 5.74) is 12.0. The second kappa shape index (κ2) is 12.2. The summed E-state index contributed by atoms with van der Waals surface area (Å²) in [5.74, 6) is 2.19. The minimum absolute atomic E-state index is 0.397. The Morgan fingerprint density at radius 2 is 1.21 bits per heavy atom. The highest BCUT2D eigenvalue weighted by Crippen LogP contribution is 2.38. The Kier molecular flexibility index (Phi) is 9.03. The molecule has 3 N–H and O–H groups in total. The predicted octanol–water partition coefficient (Wildman–Crippen LogP) is 7.78. The molecular weight excluding hydrogens is 400 g/mol. The fourth-order valence-electron chi connectivity index (χ4n) is 6.22. The van der Waals surface area contributed by atoms with Crippen molar-refractivity contribution >= 4 is 0 Å². The average molecular weight is 447 g/mol. The topological polar surface area (TPSA) is 38.0 Å². The van der Waals surface area contributed by atoms with Gasteiger partial charge in [-0.3, -0.25) is 0 Å². The Hall–Kier alpha value is -1.64. The van der Waals surface area contributed by atoms with Crippen LogP contribution in [-0.2, 0) is 0 Å². The quantitative estimate of drug-likeness (QED) is 0.386. The van der Waals surface area contributed by atoms with E-state index in [0.717, 1.165) is 24.3 Å². The molecule has 180 valence electrons. The third-order valence-corrected chi connectivity index (χ3v) is 8.64. The highest BCUT2D eigenvalue weighted by atomic mass is 14.9. The third-order valence-electron chi connectivity index (χ3n) is 8.64. The van der Waals surface area contributed by atoms with Crippen molar-refractivity contribution in [3.05, 3.63) is 59.7 Å². The maximum Gasteiger partial charge on any atom is 0.00674 e. The summed E-state index contributed by atoms with van der Waals surface area (Å²) in [4.78, 5) is 0. The summed E-state index contributed by atoms with van der Waals surface area (Å²) < 4.78 is 0. The molecule has 1 atom stereocenters. The summed E-state index contributed by atoms with van der Waals surface area (Å²) in [6.07, 6.45) is 14.2. The molecule has 0 heterocycles. The van der Waals surface area contributed by atoms with E-state index in [1.165, 1.54) is 93.0 Å². The highest BCUT2D eigenvalue weighted by molar-refractivity contribution is 5.64. The Bertz CT molecular complexity index is 809. The van der Waals surface area contributed by atoms with Gasteiger partial charge in [0.1, 0.15) is 0 Å². The number of benzene rings is 2. The van der Waals surface area contributed by atoms with E-state index in [2.05, 4.69) is 67.7 Å². The number of nitrogens with two attached hydrogens (primary N) is 1. The standard InChI is InChI=1S/C31H46N2/c1-3-5-22-33-30-20-18-28(19-21-30)26-12-10-24(11-13-26)23-6-8-25(9-7-23)27-14-16-29(17-15-27)31(32)4-2/h6-13,27-31,33H,3-5,14-22,32H2,1-2H3. The van der Waals surface area contributed by atoms with Crippen molar-refractivity contribution in [2.75, 3.05) is 6.54 Å². The van der Waals surface area contributed by atoms with Crippen LogP contribution in [-0.4, -0.2) is 18.6 Å². The smallest absolute Gasteiger partial charge is 0.00674 e. The molecule has 0 saturated heterocycles. The summed E-state index contributed by atoms with van der Waals surface area (Å²) in [6, 6.07) is 20.0. The van der Waals surface area contributed by atoms with Crippen LogP contribution >= 0.6 is 0 Å². The van der Waals surface area contributed by atoms with Crippen LogP contribution in [0, 0.1) is 5.92 Å². The lowest BCUT2D eigenvalue weighted by Crippen LogP contribution is -2.33. The van der Waals surface area contributed by atoms with E-state index in [-0.39, 0.29) is 0 Å². The van der Waals surface area contributed by atoms with Crippen molar-refractivity contribution in [1.29, 1.82) is 0 Å². The molecule has 2 nitrogen and oxygen atoms in total. The van der Waals surface area contributed by atoms with Gasteiger partial charge >= 0.3 is 0 Å². The van der Waals surface area contributed by atoms with Gasteiger partial charge < -0.3 is 11.1 Å². The van der Waals surface area contributed by atoms with Crippen LogP contribution in [0.15, 0.2) is 48.5 Å². The SMILES string of the molecule is CCCCNC1CCC(c2ccc(-c3ccc(C4CCC(C(N)CC)CC4)cc3)cc2)CC1. The van der Waals surface area contributed by atoms with E-state index < -0.39 is 0 Å². The van der Waals surface area contributed by atoms with Crippen LogP contribution in [0.5, 0.6) is 0 Å². The second-order valence-corrected chi connectivity index (χ2v) is 10.8. The summed E-state index contributed by atoms with van der Waals surface area (Å²) >= 11 is 0. The van der Waals surface area contributed by atoms with Gasteiger partial charge in [0.2, 0.25) is 0 Å². The van der Waals surface area contributed by atoms with Crippen LogP contribution in [0.2, 0.25) is 0 Å². The molecule has 2 aliphatic carbocycles. The number of nitrogens with one attached hydrogen (secondary N) is 1. The van der Waals surface area contributed by atoms with Crippen molar-refractivity contribution in [3.8, 4) is 11.1 Å². The molecule has 0 spiro atoms. The van der Waals surface area contributed by atoms with Gasteiger partial charge in [0.15, 0.2) is 0 Å². The summed E-state index contributed by atoms with van der Waals surface area (Å²) in [6.45, 7) is 5.68. The minimum Gasteiger partial charge on any atom is -0.327 e. The largest absolute Gasteiger partial charge is 0.327 e. The number of rotatable bonds is 9. The average Bonchev–Trinajstić information content (AvgIpc) is 2.89. The fourth-order valence-corrected chi connectivity index (χ4v) is 6.22. The Morgan fingerprint density at radius 3 is 1.67 bits per heavy atom. The first-order valence-corrected chi connectivity index (χ1v) is 13.9. The predicted molar refractivity (Wildman–Crippen MR) is 143 cm³/mol. The first kappa shape index (κ1) is 24.5. The van der Waals surface area contributed by atoms with Gasteiger partial charge in [-0.15, -0.1) is 0 Å². The molecule has 2 aliphatic rings. The van der Waals surface area contributed by atoms with Gasteiger partial charge in [0.25, 0.3) is 0 Å². The van der Waals surface area contributed by atoms with E-state index in [1.54, 1.807) is 0 Å². The summed E-state index contributed by atoms with van der Waals surface area (Å²) in [7, 11) is 0. The van der Waals surface area contributed by atoms with Crippen LogP contribution in [0.1, 0.15) is 107 Å². The van der Waals surface area contributed by atoms with Crippen LogP contribution in [0.25, 0.3) is 11.1 Å². The fraction of sp³-hybridized carbons (Fsp3) is 0.613.